The van der Waals surface area contributed by atoms with Crippen molar-refractivity contribution < 1.29 is 19.0 Å². The molecule has 0 aliphatic rings. The van der Waals surface area contributed by atoms with Crippen molar-refractivity contribution in [2.75, 3.05) is 35.4 Å². The maximum absolute atomic E-state index is 11.9. The van der Waals surface area contributed by atoms with Crippen molar-refractivity contribution >= 4 is 18.0 Å². The van der Waals surface area contributed by atoms with E-state index in [1.54, 1.807) is 23.4 Å². The van der Waals surface area contributed by atoms with E-state index in [2.05, 4.69) is 4.99 Å². The van der Waals surface area contributed by atoms with Gasteiger partial charge in [0.25, 0.3) is 0 Å². The average Bonchev–Trinajstić information content (AvgIpc) is 2.42. The van der Waals surface area contributed by atoms with Crippen LogP contribution in [-0.2, 0) is 4.74 Å². The number of benzene rings is 1. The number of methoxy groups -OCH3 is 3. The minimum Gasteiger partial charge on any atom is -0.496 e. The quantitative estimate of drug-likeness (QED) is 0.461. The predicted molar refractivity (Wildman–Crippen MR) is 72.7 cm³/mol. The minimum absolute atomic E-state index is 0.238. The van der Waals surface area contributed by atoms with Crippen molar-refractivity contribution in [3.63, 3.8) is 0 Å². The van der Waals surface area contributed by atoms with Crippen LogP contribution in [0.15, 0.2) is 17.1 Å². The molecule has 6 nitrogen and oxygen atoms in total. The Morgan fingerprint density at radius 1 is 1.16 bits per heavy atom. The highest BCUT2D eigenvalue weighted by Gasteiger charge is 2.21. The van der Waals surface area contributed by atoms with Gasteiger partial charge in [0, 0.05) is 14.1 Å². The Morgan fingerprint density at radius 2 is 1.74 bits per heavy atom. The van der Waals surface area contributed by atoms with Gasteiger partial charge in [0.1, 0.15) is 22.7 Å². The summed E-state index contributed by atoms with van der Waals surface area (Å²) in [5, 5.41) is 0. The molecule has 1 aromatic carbocycles. The molecule has 0 saturated heterocycles. The first kappa shape index (κ1) is 14.8. The monoisotopic (exact) mass is 266 g/mol. The second kappa shape index (κ2) is 6.63. The van der Waals surface area contributed by atoms with Crippen molar-refractivity contribution in [2.24, 2.45) is 4.99 Å². The van der Waals surface area contributed by atoms with E-state index in [-0.39, 0.29) is 5.56 Å². The van der Waals surface area contributed by atoms with Gasteiger partial charge in [-0.1, -0.05) is 0 Å². The lowest BCUT2D eigenvalue weighted by molar-refractivity contribution is 0.0598. The molecule has 0 bridgehead atoms. The van der Waals surface area contributed by atoms with Crippen molar-refractivity contribution in [1.82, 2.24) is 4.90 Å². The van der Waals surface area contributed by atoms with E-state index in [9.17, 15) is 4.79 Å². The Morgan fingerprint density at radius 3 is 2.21 bits per heavy atom. The molecule has 6 heteroatoms. The Kier molecular flexibility index (Phi) is 5.17. The summed E-state index contributed by atoms with van der Waals surface area (Å²) in [6.45, 7) is 0. The lowest BCUT2D eigenvalue weighted by Crippen LogP contribution is -2.09. The molecule has 19 heavy (non-hydrogen) atoms. The predicted octanol–water partition coefficient (Wildman–Crippen LogP) is 1.71. The molecule has 0 saturated carbocycles. The zero-order valence-corrected chi connectivity index (χ0v) is 11.8. The van der Waals surface area contributed by atoms with Crippen LogP contribution < -0.4 is 9.47 Å². The SMILES string of the molecule is COC(=O)c1c(OC)ccc(OC)c1N=CN(C)C. The highest BCUT2D eigenvalue weighted by atomic mass is 16.5. The van der Waals surface area contributed by atoms with E-state index in [4.69, 9.17) is 14.2 Å². The molecular weight excluding hydrogens is 248 g/mol. The van der Waals surface area contributed by atoms with E-state index in [0.717, 1.165) is 0 Å². The second-order valence-electron chi connectivity index (χ2n) is 3.89. The summed E-state index contributed by atoms with van der Waals surface area (Å²) in [6, 6.07) is 3.33. The third-order valence-corrected chi connectivity index (χ3v) is 2.35. The van der Waals surface area contributed by atoms with Crippen LogP contribution in [-0.4, -0.2) is 52.6 Å². The third kappa shape index (κ3) is 3.37. The number of carbonyl (C=O) groups is 1. The van der Waals surface area contributed by atoms with Gasteiger partial charge < -0.3 is 19.1 Å². The topological polar surface area (TPSA) is 60.4 Å². The third-order valence-electron chi connectivity index (χ3n) is 2.35. The van der Waals surface area contributed by atoms with E-state index in [0.29, 0.717) is 17.2 Å². The fraction of sp³-hybridized carbons (Fsp3) is 0.385. The first-order valence-corrected chi connectivity index (χ1v) is 5.59. The highest BCUT2D eigenvalue weighted by molar-refractivity contribution is 6.00. The van der Waals surface area contributed by atoms with E-state index in [1.807, 2.05) is 14.1 Å². The highest BCUT2D eigenvalue weighted by Crippen LogP contribution is 2.37. The molecule has 1 aromatic rings. The molecule has 0 radical (unpaired) electrons. The Bertz CT molecular complexity index is 484. The van der Waals surface area contributed by atoms with Crippen LogP contribution in [0.3, 0.4) is 0 Å². The van der Waals surface area contributed by atoms with Gasteiger partial charge in [-0.2, -0.15) is 0 Å². The number of hydrogen-bond acceptors (Lipinski definition) is 5. The fourth-order valence-corrected chi connectivity index (χ4v) is 1.49. The molecule has 104 valence electrons. The molecule has 0 fully saturated rings. The largest absolute Gasteiger partial charge is 0.496 e. The summed E-state index contributed by atoms with van der Waals surface area (Å²) < 4.78 is 15.2. The summed E-state index contributed by atoms with van der Waals surface area (Å²) in [7, 11) is 7.95. The van der Waals surface area contributed by atoms with E-state index in [1.165, 1.54) is 21.3 Å². The summed E-state index contributed by atoms with van der Waals surface area (Å²) in [5.41, 5.74) is 0.616. The number of ether oxygens (including phenoxy) is 3. The average molecular weight is 266 g/mol. The molecule has 0 spiro atoms. The van der Waals surface area contributed by atoms with Gasteiger partial charge in [-0.15, -0.1) is 0 Å². The second-order valence-corrected chi connectivity index (χ2v) is 3.89. The van der Waals surface area contributed by atoms with Crippen LogP contribution in [0.5, 0.6) is 11.5 Å². The normalized spacial score (nSPS) is 10.4. The molecule has 0 aromatic heterocycles. The van der Waals surface area contributed by atoms with E-state index >= 15 is 0 Å². The van der Waals surface area contributed by atoms with Crippen LogP contribution in [0.2, 0.25) is 0 Å². The van der Waals surface area contributed by atoms with Crippen LogP contribution in [0.25, 0.3) is 0 Å². The molecular formula is C13H18N2O4. The lowest BCUT2D eigenvalue weighted by atomic mass is 10.1. The van der Waals surface area contributed by atoms with Crippen molar-refractivity contribution in [1.29, 1.82) is 0 Å². The summed E-state index contributed by atoms with van der Waals surface area (Å²) in [6.07, 6.45) is 1.57. The van der Waals surface area contributed by atoms with Crippen molar-refractivity contribution in [3.8, 4) is 11.5 Å². The number of esters is 1. The van der Waals surface area contributed by atoms with Crippen LogP contribution in [0, 0.1) is 0 Å². The standard InChI is InChI=1S/C13H18N2O4/c1-15(2)8-14-12-10(18-4)7-6-9(17-3)11(12)13(16)19-5/h6-8H,1-5H3. The minimum atomic E-state index is -0.526. The van der Waals surface area contributed by atoms with Crippen LogP contribution in [0.1, 0.15) is 10.4 Å². The number of aliphatic imine (C=N–C) groups is 1. The Labute approximate surface area is 112 Å². The fourth-order valence-electron chi connectivity index (χ4n) is 1.49. The van der Waals surface area contributed by atoms with Crippen molar-refractivity contribution in [3.05, 3.63) is 17.7 Å². The zero-order valence-electron chi connectivity index (χ0n) is 11.8. The Balaban J connectivity index is 3.47. The van der Waals surface area contributed by atoms with Gasteiger partial charge in [0.15, 0.2) is 0 Å². The summed E-state index contributed by atoms with van der Waals surface area (Å²) in [4.78, 5) is 17.9. The van der Waals surface area contributed by atoms with Gasteiger partial charge in [-0.3, -0.25) is 0 Å². The molecule has 0 N–H and O–H groups in total. The number of carbonyl (C=O) groups excluding carboxylic acids is 1. The van der Waals surface area contributed by atoms with Gasteiger partial charge in [-0.05, 0) is 12.1 Å². The molecule has 0 unspecified atom stereocenters. The smallest absolute Gasteiger partial charge is 0.344 e. The van der Waals surface area contributed by atoms with E-state index < -0.39 is 5.97 Å². The molecule has 0 heterocycles. The first-order valence-electron chi connectivity index (χ1n) is 5.59. The van der Waals surface area contributed by atoms with Gasteiger partial charge in [0.2, 0.25) is 0 Å². The molecule has 0 amide bonds. The zero-order chi connectivity index (χ0) is 14.4. The number of rotatable bonds is 5. The lowest BCUT2D eigenvalue weighted by Gasteiger charge is -2.13. The number of nitrogens with zero attached hydrogens (tertiary/aromatic N) is 2. The summed E-state index contributed by atoms with van der Waals surface area (Å²) in [5.74, 6) is 0.333. The van der Waals surface area contributed by atoms with Gasteiger partial charge in [-0.25, -0.2) is 9.79 Å². The van der Waals surface area contributed by atoms with Crippen LogP contribution in [0.4, 0.5) is 5.69 Å². The number of hydrogen-bond donors (Lipinski definition) is 0. The molecule has 0 aliphatic heterocycles. The maximum Gasteiger partial charge on any atom is 0.344 e. The van der Waals surface area contributed by atoms with Crippen molar-refractivity contribution in [2.45, 2.75) is 0 Å². The first-order chi connectivity index (χ1) is 9.04. The molecule has 0 atom stereocenters. The molecule has 0 aliphatic carbocycles. The maximum atomic E-state index is 11.9. The Hall–Kier alpha value is -2.24. The van der Waals surface area contributed by atoms with Gasteiger partial charge in [0.05, 0.1) is 27.7 Å². The molecule has 1 rings (SSSR count). The van der Waals surface area contributed by atoms with Crippen LogP contribution >= 0.6 is 0 Å². The van der Waals surface area contributed by atoms with Gasteiger partial charge >= 0.3 is 5.97 Å². The summed E-state index contributed by atoms with van der Waals surface area (Å²) >= 11 is 0.